The monoisotopic (exact) mass is 576 g/mol. The Morgan fingerprint density at radius 1 is 0.975 bits per heavy atom. The van der Waals surface area contributed by atoms with E-state index in [0.29, 0.717) is 12.2 Å². The van der Waals surface area contributed by atoms with Crippen molar-refractivity contribution in [3.8, 4) is 0 Å². The third-order valence-corrected chi connectivity index (χ3v) is 7.47. The lowest BCUT2D eigenvalue weighted by Gasteiger charge is -2.26. The first-order valence-electron chi connectivity index (χ1n) is 13.2. The van der Waals surface area contributed by atoms with Gasteiger partial charge in [0.1, 0.15) is 18.1 Å². The number of hydrogen-bond acceptors (Lipinski definition) is 7. The molecule has 0 aliphatic carbocycles. The number of rotatable bonds is 17. The lowest BCUT2D eigenvalue weighted by atomic mass is 9.98. The van der Waals surface area contributed by atoms with Gasteiger partial charge in [-0.05, 0) is 42.4 Å². The van der Waals surface area contributed by atoms with Crippen molar-refractivity contribution in [1.82, 2.24) is 20.9 Å². The highest BCUT2D eigenvalue weighted by Crippen LogP contribution is 2.19. The summed E-state index contributed by atoms with van der Waals surface area (Å²) in [5.74, 6) is -3.47. The van der Waals surface area contributed by atoms with Crippen LogP contribution in [0.5, 0.6) is 0 Å². The summed E-state index contributed by atoms with van der Waals surface area (Å²) in [6.07, 6.45) is 4.16. The molecule has 1 heterocycles. The third-order valence-electron chi connectivity index (χ3n) is 6.83. The van der Waals surface area contributed by atoms with E-state index < -0.39 is 53.8 Å². The smallest absolute Gasteiger partial charge is 0.326 e. The fraction of sp³-hybridized carbons (Fsp3) is 0.519. The van der Waals surface area contributed by atoms with Crippen molar-refractivity contribution >= 4 is 52.3 Å². The van der Waals surface area contributed by atoms with Gasteiger partial charge >= 0.3 is 5.97 Å². The minimum absolute atomic E-state index is 0.0269. The van der Waals surface area contributed by atoms with Gasteiger partial charge in [-0.15, -0.1) is 0 Å². The predicted octanol–water partition coefficient (Wildman–Crippen LogP) is 0.641. The third kappa shape index (κ3) is 9.56. The fourth-order valence-corrected chi connectivity index (χ4v) is 4.58. The molecule has 5 atom stereocenters. The Kier molecular flexibility index (Phi) is 12.9. The van der Waals surface area contributed by atoms with Crippen LogP contribution < -0.4 is 27.4 Å². The zero-order valence-electron chi connectivity index (χ0n) is 23.1. The van der Waals surface area contributed by atoms with Crippen LogP contribution in [0, 0.1) is 5.92 Å². The number of aliphatic carboxylic acids is 1. The summed E-state index contributed by atoms with van der Waals surface area (Å²) in [6, 6.07) is 3.05. The van der Waals surface area contributed by atoms with Gasteiger partial charge in [-0.1, -0.05) is 38.5 Å². The first-order chi connectivity index (χ1) is 19.0. The number of carboxylic acid groups (broad SMARTS) is 1. The zero-order valence-corrected chi connectivity index (χ0v) is 23.9. The lowest BCUT2D eigenvalue weighted by molar-refractivity contribution is -0.142. The molecular formula is C27H40N6O6S. The molecule has 4 amide bonds. The first-order valence-corrected chi connectivity index (χ1v) is 14.6. The number of primary amides is 1. The first kappa shape index (κ1) is 32.6. The molecule has 0 aliphatic heterocycles. The molecule has 1 aromatic carbocycles. The standard InChI is InChI=1S/C27H40N6O6S/c1-4-15(2)23(29)26(37)32-19(9-10-22(28)34)24(35)31-20(11-12-40-3)25(36)33-21(27(38)39)13-16-14-30-18-8-6-5-7-17(16)18/h5-8,14-15,19-21,23,30H,4,9-13,29H2,1-3H3,(H2,28,34)(H,31,35)(H,32,37)(H,33,36)(H,38,39). The SMILES string of the molecule is CCC(C)C(N)C(=O)NC(CCC(N)=O)C(=O)NC(CCSC)C(=O)NC(Cc1c[nH]c2ccccc12)C(=O)O. The van der Waals surface area contributed by atoms with Crippen LogP contribution in [0.25, 0.3) is 10.9 Å². The molecule has 0 bridgehead atoms. The Labute approximate surface area is 237 Å². The summed E-state index contributed by atoms with van der Waals surface area (Å²) in [5, 5.41) is 18.4. The molecule has 2 rings (SSSR count). The second kappa shape index (κ2) is 15.9. The highest BCUT2D eigenvalue weighted by Gasteiger charge is 2.31. The van der Waals surface area contributed by atoms with E-state index in [2.05, 4.69) is 20.9 Å². The van der Waals surface area contributed by atoms with E-state index in [4.69, 9.17) is 11.5 Å². The largest absolute Gasteiger partial charge is 0.480 e. The van der Waals surface area contributed by atoms with Gasteiger partial charge in [-0.3, -0.25) is 19.2 Å². The van der Waals surface area contributed by atoms with E-state index in [0.717, 1.165) is 16.5 Å². The van der Waals surface area contributed by atoms with Crippen LogP contribution in [-0.2, 0) is 30.4 Å². The summed E-state index contributed by atoms with van der Waals surface area (Å²) in [4.78, 5) is 65.7. The van der Waals surface area contributed by atoms with Gasteiger partial charge < -0.3 is 37.5 Å². The topological polar surface area (TPSA) is 209 Å². The van der Waals surface area contributed by atoms with Gasteiger partial charge in [0.2, 0.25) is 23.6 Å². The molecule has 2 aromatic rings. The Hall–Kier alpha value is -3.58. The normalized spacial score (nSPS) is 14.9. The number of nitrogens with two attached hydrogens (primary N) is 2. The molecule has 0 saturated carbocycles. The number of amides is 4. The van der Waals surface area contributed by atoms with Gasteiger partial charge in [0.15, 0.2) is 0 Å². The number of carbonyl (C=O) groups excluding carboxylic acids is 4. The highest BCUT2D eigenvalue weighted by molar-refractivity contribution is 7.98. The number of hydrogen-bond donors (Lipinski definition) is 7. The van der Waals surface area contributed by atoms with Crippen molar-refractivity contribution in [3.63, 3.8) is 0 Å². The Morgan fingerprint density at radius 2 is 1.57 bits per heavy atom. The van der Waals surface area contributed by atoms with Crippen LogP contribution in [0.1, 0.15) is 45.1 Å². The zero-order chi connectivity index (χ0) is 29.8. The van der Waals surface area contributed by atoms with Crippen molar-refractivity contribution in [2.45, 2.75) is 70.1 Å². The van der Waals surface area contributed by atoms with E-state index in [-0.39, 0.29) is 31.6 Å². The van der Waals surface area contributed by atoms with Gasteiger partial charge in [0.05, 0.1) is 6.04 Å². The molecule has 0 radical (unpaired) electrons. The maximum Gasteiger partial charge on any atom is 0.326 e. The molecule has 0 aliphatic rings. The summed E-state index contributed by atoms with van der Waals surface area (Å²) in [7, 11) is 0. The molecule has 0 saturated heterocycles. The average molecular weight is 577 g/mol. The molecule has 0 fully saturated rings. The van der Waals surface area contributed by atoms with E-state index in [1.165, 1.54) is 11.8 Å². The molecule has 12 nitrogen and oxygen atoms in total. The number of thioether (sulfide) groups is 1. The number of H-pyrrole nitrogens is 1. The number of aromatic amines is 1. The van der Waals surface area contributed by atoms with Crippen LogP contribution >= 0.6 is 11.8 Å². The number of benzene rings is 1. The second-order valence-corrected chi connectivity index (χ2v) is 10.8. The number of carboxylic acids is 1. The summed E-state index contributed by atoms with van der Waals surface area (Å²) < 4.78 is 0. The van der Waals surface area contributed by atoms with Crippen molar-refractivity contribution < 1.29 is 29.1 Å². The van der Waals surface area contributed by atoms with Crippen LogP contribution in [0.2, 0.25) is 0 Å². The fourth-order valence-electron chi connectivity index (χ4n) is 4.11. The molecule has 220 valence electrons. The molecule has 40 heavy (non-hydrogen) atoms. The molecule has 9 N–H and O–H groups in total. The van der Waals surface area contributed by atoms with E-state index >= 15 is 0 Å². The minimum atomic E-state index is -1.25. The summed E-state index contributed by atoms with van der Waals surface area (Å²) >= 11 is 1.45. The lowest BCUT2D eigenvalue weighted by Crippen LogP contribution is -2.58. The van der Waals surface area contributed by atoms with Gasteiger partial charge in [0, 0.05) is 29.9 Å². The Balaban J connectivity index is 2.18. The number of aromatic nitrogens is 1. The number of nitrogens with one attached hydrogen (secondary N) is 4. The minimum Gasteiger partial charge on any atom is -0.480 e. The second-order valence-electron chi connectivity index (χ2n) is 9.78. The van der Waals surface area contributed by atoms with E-state index in [1.807, 2.05) is 37.4 Å². The van der Waals surface area contributed by atoms with Crippen molar-refractivity contribution in [2.24, 2.45) is 17.4 Å². The van der Waals surface area contributed by atoms with Gasteiger partial charge in [-0.25, -0.2) is 4.79 Å². The van der Waals surface area contributed by atoms with Gasteiger partial charge in [-0.2, -0.15) is 11.8 Å². The van der Waals surface area contributed by atoms with Crippen LogP contribution in [0.3, 0.4) is 0 Å². The Morgan fingerprint density at radius 3 is 2.17 bits per heavy atom. The predicted molar refractivity (Wildman–Crippen MR) is 154 cm³/mol. The van der Waals surface area contributed by atoms with Crippen LogP contribution in [0.4, 0.5) is 0 Å². The summed E-state index contributed by atoms with van der Waals surface area (Å²) in [6.45, 7) is 3.69. The molecule has 0 spiro atoms. The molecule has 1 aromatic heterocycles. The molecule has 13 heteroatoms. The van der Waals surface area contributed by atoms with E-state index in [9.17, 15) is 29.1 Å². The number of para-hydroxylation sites is 1. The highest BCUT2D eigenvalue weighted by atomic mass is 32.2. The number of fused-ring (bicyclic) bond motifs is 1. The summed E-state index contributed by atoms with van der Waals surface area (Å²) in [5.41, 5.74) is 12.8. The van der Waals surface area contributed by atoms with Crippen LogP contribution in [0.15, 0.2) is 30.5 Å². The quantitative estimate of drug-likeness (QED) is 0.142. The van der Waals surface area contributed by atoms with Gasteiger partial charge in [0.25, 0.3) is 0 Å². The van der Waals surface area contributed by atoms with E-state index in [1.54, 1.807) is 13.1 Å². The average Bonchev–Trinajstić information content (AvgIpc) is 3.34. The number of carbonyl (C=O) groups is 5. The van der Waals surface area contributed by atoms with Crippen molar-refractivity contribution in [3.05, 3.63) is 36.0 Å². The molecular weight excluding hydrogens is 536 g/mol. The Bertz CT molecular complexity index is 1190. The maximum absolute atomic E-state index is 13.3. The maximum atomic E-state index is 13.3. The van der Waals surface area contributed by atoms with Crippen molar-refractivity contribution in [2.75, 3.05) is 12.0 Å². The van der Waals surface area contributed by atoms with Crippen LogP contribution in [-0.4, -0.2) is 75.9 Å². The van der Waals surface area contributed by atoms with Crippen molar-refractivity contribution in [1.29, 1.82) is 0 Å². The molecule has 5 unspecified atom stereocenters.